The molecule has 1 heterocycles. The highest BCUT2D eigenvalue weighted by atomic mass is 32.2. The summed E-state index contributed by atoms with van der Waals surface area (Å²) in [5.41, 5.74) is 0.525. The quantitative estimate of drug-likeness (QED) is 0.819. The fourth-order valence-corrected chi connectivity index (χ4v) is 3.13. The van der Waals surface area contributed by atoms with E-state index in [1.54, 1.807) is 30.5 Å². The Bertz CT molecular complexity index is 695. The van der Waals surface area contributed by atoms with Crippen LogP contribution in [0.15, 0.2) is 39.8 Å². The van der Waals surface area contributed by atoms with Crippen LogP contribution in [-0.2, 0) is 16.6 Å². The third kappa shape index (κ3) is 4.05. The molecule has 0 saturated carbocycles. The number of anilines is 1. The number of hydrogen-bond acceptors (Lipinski definition) is 5. The Morgan fingerprint density at radius 1 is 1.29 bits per heavy atom. The molecule has 2 rings (SSSR count). The van der Waals surface area contributed by atoms with Gasteiger partial charge in [0.2, 0.25) is 15.9 Å². The van der Waals surface area contributed by atoms with E-state index in [4.69, 9.17) is 4.42 Å². The molecular formula is C14H19N3O3S. The topological polar surface area (TPSA) is 84.2 Å². The fraction of sp³-hybridized carbons (Fsp3) is 0.357. The van der Waals surface area contributed by atoms with Crippen LogP contribution in [0.5, 0.6) is 0 Å². The van der Waals surface area contributed by atoms with Crippen molar-refractivity contribution in [2.24, 2.45) is 0 Å². The van der Waals surface area contributed by atoms with Gasteiger partial charge >= 0.3 is 0 Å². The lowest BCUT2D eigenvalue weighted by Crippen LogP contribution is -2.25. The van der Waals surface area contributed by atoms with Crippen molar-refractivity contribution in [1.82, 2.24) is 9.71 Å². The molecule has 2 N–H and O–H groups in total. The molecule has 0 atom stereocenters. The van der Waals surface area contributed by atoms with Crippen molar-refractivity contribution >= 4 is 15.7 Å². The SMILES string of the molecule is CCCNS(=O)(=O)c1ccccc1NCc1ncc(C)o1. The van der Waals surface area contributed by atoms with E-state index in [1.165, 1.54) is 0 Å². The van der Waals surface area contributed by atoms with Crippen LogP contribution >= 0.6 is 0 Å². The second kappa shape index (κ2) is 6.73. The van der Waals surface area contributed by atoms with E-state index in [0.717, 1.165) is 12.2 Å². The maximum Gasteiger partial charge on any atom is 0.242 e. The Balaban J connectivity index is 2.16. The van der Waals surface area contributed by atoms with Gasteiger partial charge < -0.3 is 9.73 Å². The Morgan fingerprint density at radius 3 is 2.71 bits per heavy atom. The van der Waals surface area contributed by atoms with Crippen LogP contribution in [0.3, 0.4) is 0 Å². The highest BCUT2D eigenvalue weighted by Gasteiger charge is 2.17. The summed E-state index contributed by atoms with van der Waals surface area (Å²) >= 11 is 0. The molecule has 2 aromatic rings. The largest absolute Gasteiger partial charge is 0.444 e. The molecule has 7 heteroatoms. The van der Waals surface area contributed by atoms with Crippen LogP contribution in [-0.4, -0.2) is 19.9 Å². The number of aromatic nitrogens is 1. The molecule has 0 aliphatic rings. The van der Waals surface area contributed by atoms with Gasteiger partial charge in [-0.15, -0.1) is 0 Å². The molecule has 0 aliphatic heterocycles. The molecule has 0 aliphatic carbocycles. The lowest BCUT2D eigenvalue weighted by molar-refractivity contribution is 0.479. The number of rotatable bonds is 7. The molecule has 0 radical (unpaired) electrons. The van der Waals surface area contributed by atoms with E-state index in [0.29, 0.717) is 24.7 Å². The van der Waals surface area contributed by atoms with Crippen LogP contribution in [0, 0.1) is 6.92 Å². The summed E-state index contributed by atoms with van der Waals surface area (Å²) in [5, 5.41) is 3.05. The lowest BCUT2D eigenvalue weighted by Gasteiger charge is -2.12. The molecule has 6 nitrogen and oxygen atoms in total. The maximum atomic E-state index is 12.2. The van der Waals surface area contributed by atoms with Crippen LogP contribution in [0.4, 0.5) is 5.69 Å². The molecule has 0 unspecified atom stereocenters. The Morgan fingerprint density at radius 2 is 2.05 bits per heavy atom. The van der Waals surface area contributed by atoms with E-state index in [9.17, 15) is 8.42 Å². The maximum absolute atomic E-state index is 12.2. The Kier molecular flexibility index (Phi) is 4.98. The van der Waals surface area contributed by atoms with E-state index < -0.39 is 10.0 Å². The minimum atomic E-state index is -3.52. The summed E-state index contributed by atoms with van der Waals surface area (Å²) in [5.74, 6) is 1.23. The van der Waals surface area contributed by atoms with Gasteiger partial charge in [0, 0.05) is 6.54 Å². The molecule has 0 bridgehead atoms. The molecule has 0 amide bonds. The number of para-hydroxylation sites is 1. The van der Waals surface area contributed by atoms with E-state index in [1.807, 2.05) is 13.8 Å². The number of benzene rings is 1. The zero-order chi connectivity index (χ0) is 15.3. The van der Waals surface area contributed by atoms with Crippen molar-refractivity contribution in [3.8, 4) is 0 Å². The smallest absolute Gasteiger partial charge is 0.242 e. The van der Waals surface area contributed by atoms with Crippen LogP contribution in [0.2, 0.25) is 0 Å². The third-order valence-corrected chi connectivity index (χ3v) is 4.34. The normalized spacial score (nSPS) is 11.5. The van der Waals surface area contributed by atoms with Crippen molar-refractivity contribution in [3.63, 3.8) is 0 Å². The summed E-state index contributed by atoms with van der Waals surface area (Å²) in [6.07, 6.45) is 2.37. The highest BCUT2D eigenvalue weighted by Crippen LogP contribution is 2.21. The van der Waals surface area contributed by atoms with Crippen molar-refractivity contribution < 1.29 is 12.8 Å². The number of aryl methyl sites for hydroxylation is 1. The zero-order valence-electron chi connectivity index (χ0n) is 12.1. The Hall–Kier alpha value is -1.86. The van der Waals surface area contributed by atoms with Gasteiger partial charge in [-0.05, 0) is 25.5 Å². The first kappa shape index (κ1) is 15.5. The Labute approximate surface area is 124 Å². The lowest BCUT2D eigenvalue weighted by atomic mass is 10.3. The van der Waals surface area contributed by atoms with Crippen molar-refractivity contribution in [2.75, 3.05) is 11.9 Å². The summed E-state index contributed by atoms with van der Waals surface area (Å²) < 4.78 is 32.4. The number of nitrogens with zero attached hydrogens (tertiary/aromatic N) is 1. The number of nitrogens with one attached hydrogen (secondary N) is 2. The molecule has 0 saturated heterocycles. The molecule has 1 aromatic carbocycles. The van der Waals surface area contributed by atoms with Gasteiger partial charge in [-0.1, -0.05) is 19.1 Å². The fourth-order valence-electron chi connectivity index (χ4n) is 1.82. The average molecular weight is 309 g/mol. The number of sulfonamides is 1. The minimum absolute atomic E-state index is 0.224. The first-order chi connectivity index (χ1) is 10.0. The van der Waals surface area contributed by atoms with Gasteiger partial charge in [-0.3, -0.25) is 0 Å². The van der Waals surface area contributed by atoms with Crippen molar-refractivity contribution in [3.05, 3.63) is 42.1 Å². The first-order valence-electron chi connectivity index (χ1n) is 6.77. The number of hydrogen-bond donors (Lipinski definition) is 2. The second-order valence-corrected chi connectivity index (χ2v) is 6.35. The summed E-state index contributed by atoms with van der Waals surface area (Å²) in [4.78, 5) is 4.30. The molecule has 0 spiro atoms. The van der Waals surface area contributed by atoms with Crippen LogP contribution in [0.1, 0.15) is 25.0 Å². The monoisotopic (exact) mass is 309 g/mol. The van der Waals surface area contributed by atoms with Gasteiger partial charge in [0.25, 0.3) is 0 Å². The molecule has 1 aromatic heterocycles. The molecule has 21 heavy (non-hydrogen) atoms. The van der Waals surface area contributed by atoms with Gasteiger partial charge in [0.1, 0.15) is 10.7 Å². The predicted molar refractivity (Wildman–Crippen MR) is 80.5 cm³/mol. The average Bonchev–Trinajstić information content (AvgIpc) is 2.89. The van der Waals surface area contributed by atoms with Crippen molar-refractivity contribution in [1.29, 1.82) is 0 Å². The standard InChI is InChI=1S/C14H19N3O3S/c1-3-8-17-21(18,19)13-7-5-4-6-12(13)15-10-14-16-9-11(2)20-14/h4-7,9,15,17H,3,8,10H2,1-2H3. The third-order valence-electron chi connectivity index (χ3n) is 2.82. The van der Waals surface area contributed by atoms with Gasteiger partial charge in [0.05, 0.1) is 18.4 Å². The number of oxazole rings is 1. The molecule has 114 valence electrons. The summed E-state index contributed by atoms with van der Waals surface area (Å²) in [6.45, 7) is 4.46. The van der Waals surface area contributed by atoms with E-state index >= 15 is 0 Å². The minimum Gasteiger partial charge on any atom is -0.444 e. The summed E-state index contributed by atoms with van der Waals surface area (Å²) in [6, 6.07) is 6.76. The zero-order valence-corrected chi connectivity index (χ0v) is 12.9. The highest BCUT2D eigenvalue weighted by molar-refractivity contribution is 7.89. The summed E-state index contributed by atoms with van der Waals surface area (Å²) in [7, 11) is -3.52. The first-order valence-corrected chi connectivity index (χ1v) is 8.25. The van der Waals surface area contributed by atoms with E-state index in [2.05, 4.69) is 15.0 Å². The van der Waals surface area contributed by atoms with Gasteiger partial charge in [-0.2, -0.15) is 0 Å². The second-order valence-electron chi connectivity index (χ2n) is 4.61. The van der Waals surface area contributed by atoms with Crippen LogP contribution in [0.25, 0.3) is 0 Å². The predicted octanol–water partition coefficient (Wildman–Crippen LogP) is 2.28. The van der Waals surface area contributed by atoms with Crippen LogP contribution < -0.4 is 10.0 Å². The molecular weight excluding hydrogens is 290 g/mol. The van der Waals surface area contributed by atoms with Gasteiger partial charge in [0.15, 0.2) is 0 Å². The van der Waals surface area contributed by atoms with E-state index in [-0.39, 0.29) is 4.90 Å². The van der Waals surface area contributed by atoms with Gasteiger partial charge in [-0.25, -0.2) is 18.1 Å². The van der Waals surface area contributed by atoms with Crippen molar-refractivity contribution in [2.45, 2.75) is 31.7 Å². The molecule has 0 fully saturated rings.